The van der Waals surface area contributed by atoms with Gasteiger partial charge in [-0.05, 0) is 48.4 Å². The molecule has 0 radical (unpaired) electrons. The SMILES string of the molecule is CCNCc1cc(Cl)ccc1Oc1ccc(C(C)C)cc1. The third-order valence-corrected chi connectivity index (χ3v) is 3.60. The Morgan fingerprint density at radius 1 is 1.10 bits per heavy atom. The molecule has 2 rings (SSSR count). The zero-order valence-electron chi connectivity index (χ0n) is 12.8. The zero-order valence-corrected chi connectivity index (χ0v) is 13.6. The molecule has 0 bridgehead atoms. The monoisotopic (exact) mass is 303 g/mol. The maximum Gasteiger partial charge on any atom is 0.132 e. The van der Waals surface area contributed by atoms with Crippen molar-refractivity contribution in [1.29, 1.82) is 0 Å². The van der Waals surface area contributed by atoms with Crippen LogP contribution < -0.4 is 10.1 Å². The van der Waals surface area contributed by atoms with E-state index in [0.29, 0.717) is 5.92 Å². The molecular weight excluding hydrogens is 282 g/mol. The molecule has 0 aromatic heterocycles. The fraction of sp³-hybridized carbons (Fsp3) is 0.333. The van der Waals surface area contributed by atoms with E-state index in [1.165, 1.54) is 5.56 Å². The first-order valence-electron chi connectivity index (χ1n) is 7.37. The van der Waals surface area contributed by atoms with Crippen molar-refractivity contribution >= 4 is 11.6 Å². The Kier molecular flexibility index (Phi) is 5.66. The molecule has 0 spiro atoms. The quantitative estimate of drug-likeness (QED) is 0.775. The molecule has 2 aromatic carbocycles. The van der Waals surface area contributed by atoms with Gasteiger partial charge in [0.15, 0.2) is 0 Å². The van der Waals surface area contributed by atoms with Crippen LogP contribution in [0.25, 0.3) is 0 Å². The molecule has 0 unspecified atom stereocenters. The minimum absolute atomic E-state index is 0.527. The number of ether oxygens (including phenoxy) is 1. The molecule has 0 aliphatic carbocycles. The maximum atomic E-state index is 6.07. The molecule has 0 saturated carbocycles. The van der Waals surface area contributed by atoms with Crippen molar-refractivity contribution < 1.29 is 4.74 Å². The second-order valence-electron chi connectivity index (χ2n) is 5.36. The minimum Gasteiger partial charge on any atom is -0.457 e. The van der Waals surface area contributed by atoms with E-state index in [4.69, 9.17) is 16.3 Å². The van der Waals surface area contributed by atoms with E-state index in [1.54, 1.807) is 0 Å². The Labute approximate surface area is 132 Å². The van der Waals surface area contributed by atoms with E-state index in [9.17, 15) is 0 Å². The third kappa shape index (κ3) is 4.48. The summed E-state index contributed by atoms with van der Waals surface area (Å²) in [5, 5.41) is 4.03. The Bertz CT molecular complexity index is 578. The molecule has 2 nitrogen and oxygen atoms in total. The Balaban J connectivity index is 2.18. The Morgan fingerprint density at radius 2 is 1.81 bits per heavy atom. The Hall–Kier alpha value is -1.51. The van der Waals surface area contributed by atoms with Crippen LogP contribution in [0.1, 0.15) is 37.8 Å². The fourth-order valence-corrected chi connectivity index (χ4v) is 2.29. The van der Waals surface area contributed by atoms with E-state index < -0.39 is 0 Å². The standard InChI is InChI=1S/C18H22ClNO/c1-4-20-12-15-11-16(19)7-10-18(15)21-17-8-5-14(6-9-17)13(2)3/h5-11,13,20H,4,12H2,1-3H3. The van der Waals surface area contributed by atoms with Crippen LogP contribution in [0.4, 0.5) is 0 Å². The van der Waals surface area contributed by atoms with Crippen molar-refractivity contribution in [3.63, 3.8) is 0 Å². The van der Waals surface area contributed by atoms with E-state index in [2.05, 4.69) is 38.2 Å². The molecule has 0 aliphatic heterocycles. The van der Waals surface area contributed by atoms with Gasteiger partial charge < -0.3 is 10.1 Å². The van der Waals surface area contributed by atoms with Crippen LogP contribution in [-0.2, 0) is 6.54 Å². The highest BCUT2D eigenvalue weighted by Crippen LogP contribution is 2.29. The molecule has 1 N–H and O–H groups in total. The summed E-state index contributed by atoms with van der Waals surface area (Å²) < 4.78 is 6.00. The third-order valence-electron chi connectivity index (χ3n) is 3.36. The van der Waals surface area contributed by atoms with Crippen molar-refractivity contribution in [2.75, 3.05) is 6.54 Å². The second kappa shape index (κ2) is 7.48. The zero-order chi connectivity index (χ0) is 15.2. The summed E-state index contributed by atoms with van der Waals surface area (Å²) in [6, 6.07) is 14.0. The average Bonchev–Trinajstić information content (AvgIpc) is 2.48. The van der Waals surface area contributed by atoms with Gasteiger partial charge in [0.2, 0.25) is 0 Å². The highest BCUT2D eigenvalue weighted by atomic mass is 35.5. The molecule has 0 saturated heterocycles. The first-order chi connectivity index (χ1) is 10.1. The summed E-state index contributed by atoms with van der Waals surface area (Å²) in [5.41, 5.74) is 2.38. The van der Waals surface area contributed by atoms with E-state index in [1.807, 2.05) is 30.3 Å². The van der Waals surface area contributed by atoms with Gasteiger partial charge in [0.1, 0.15) is 11.5 Å². The van der Waals surface area contributed by atoms with E-state index >= 15 is 0 Å². The van der Waals surface area contributed by atoms with Crippen LogP contribution in [0.5, 0.6) is 11.5 Å². The molecule has 0 heterocycles. The van der Waals surface area contributed by atoms with Gasteiger partial charge in [-0.3, -0.25) is 0 Å². The fourth-order valence-electron chi connectivity index (χ4n) is 2.09. The normalized spacial score (nSPS) is 10.9. The van der Waals surface area contributed by atoms with Crippen molar-refractivity contribution in [2.24, 2.45) is 0 Å². The molecule has 0 aliphatic rings. The molecule has 0 amide bonds. The summed E-state index contributed by atoms with van der Waals surface area (Å²) in [4.78, 5) is 0. The van der Waals surface area contributed by atoms with Gasteiger partial charge in [-0.15, -0.1) is 0 Å². The number of hydrogen-bond acceptors (Lipinski definition) is 2. The maximum absolute atomic E-state index is 6.07. The van der Waals surface area contributed by atoms with E-state index in [0.717, 1.165) is 35.2 Å². The van der Waals surface area contributed by atoms with Gasteiger partial charge in [-0.1, -0.05) is 44.5 Å². The number of hydrogen-bond donors (Lipinski definition) is 1. The first-order valence-corrected chi connectivity index (χ1v) is 7.75. The lowest BCUT2D eigenvalue weighted by Crippen LogP contribution is -2.12. The largest absolute Gasteiger partial charge is 0.457 e. The first kappa shape index (κ1) is 15.9. The van der Waals surface area contributed by atoms with Gasteiger partial charge in [0.25, 0.3) is 0 Å². The van der Waals surface area contributed by atoms with Gasteiger partial charge in [-0.25, -0.2) is 0 Å². The number of rotatable bonds is 6. The van der Waals surface area contributed by atoms with E-state index in [-0.39, 0.29) is 0 Å². The summed E-state index contributed by atoms with van der Waals surface area (Å²) in [6.07, 6.45) is 0. The van der Waals surface area contributed by atoms with Crippen molar-refractivity contribution in [3.05, 3.63) is 58.6 Å². The number of halogens is 1. The predicted molar refractivity (Wildman–Crippen MR) is 89.4 cm³/mol. The predicted octanol–water partition coefficient (Wildman–Crippen LogP) is 5.37. The molecule has 0 fully saturated rings. The molecule has 2 aromatic rings. The molecular formula is C18H22ClNO. The van der Waals surface area contributed by atoms with Crippen LogP contribution >= 0.6 is 11.6 Å². The average molecular weight is 304 g/mol. The van der Waals surface area contributed by atoms with Crippen LogP contribution in [0.3, 0.4) is 0 Å². The summed E-state index contributed by atoms with van der Waals surface area (Å²) >= 11 is 6.07. The number of benzene rings is 2. The molecule has 112 valence electrons. The molecule has 0 atom stereocenters. The number of nitrogens with one attached hydrogen (secondary N) is 1. The lowest BCUT2D eigenvalue weighted by molar-refractivity contribution is 0.473. The smallest absolute Gasteiger partial charge is 0.132 e. The van der Waals surface area contributed by atoms with Crippen LogP contribution in [-0.4, -0.2) is 6.54 Å². The van der Waals surface area contributed by atoms with Crippen molar-refractivity contribution in [3.8, 4) is 11.5 Å². The van der Waals surface area contributed by atoms with Crippen molar-refractivity contribution in [2.45, 2.75) is 33.2 Å². The second-order valence-corrected chi connectivity index (χ2v) is 5.79. The topological polar surface area (TPSA) is 21.3 Å². The summed E-state index contributed by atoms with van der Waals surface area (Å²) in [5.74, 6) is 2.22. The van der Waals surface area contributed by atoms with Crippen LogP contribution in [0, 0.1) is 0 Å². The van der Waals surface area contributed by atoms with Gasteiger partial charge in [-0.2, -0.15) is 0 Å². The van der Waals surface area contributed by atoms with Crippen LogP contribution in [0.15, 0.2) is 42.5 Å². The molecule has 21 heavy (non-hydrogen) atoms. The Morgan fingerprint density at radius 3 is 2.43 bits per heavy atom. The minimum atomic E-state index is 0.527. The molecule has 3 heteroatoms. The lowest BCUT2D eigenvalue weighted by Gasteiger charge is -2.13. The summed E-state index contributed by atoms with van der Waals surface area (Å²) in [6.45, 7) is 8.11. The lowest BCUT2D eigenvalue weighted by atomic mass is 10.0. The summed E-state index contributed by atoms with van der Waals surface area (Å²) in [7, 11) is 0. The van der Waals surface area contributed by atoms with Crippen molar-refractivity contribution in [1.82, 2.24) is 5.32 Å². The van der Waals surface area contributed by atoms with Gasteiger partial charge >= 0.3 is 0 Å². The van der Waals surface area contributed by atoms with Gasteiger partial charge in [0.05, 0.1) is 0 Å². The van der Waals surface area contributed by atoms with Crippen LogP contribution in [0.2, 0.25) is 5.02 Å². The van der Waals surface area contributed by atoms with Gasteiger partial charge in [0, 0.05) is 17.1 Å². The highest BCUT2D eigenvalue weighted by Gasteiger charge is 2.06. The highest BCUT2D eigenvalue weighted by molar-refractivity contribution is 6.30.